The van der Waals surface area contributed by atoms with Crippen LogP contribution in [0.15, 0.2) is 12.1 Å². The van der Waals surface area contributed by atoms with Crippen molar-refractivity contribution in [2.75, 3.05) is 6.54 Å². The molecule has 0 unspecified atom stereocenters. The van der Waals surface area contributed by atoms with Crippen LogP contribution in [0, 0.1) is 0 Å². The third-order valence-electron chi connectivity index (χ3n) is 2.25. The number of pyridine rings is 1. The molecule has 0 aliphatic rings. The maximum Gasteiger partial charge on any atom is 0.251 e. The summed E-state index contributed by atoms with van der Waals surface area (Å²) < 4.78 is 0. The Morgan fingerprint density at radius 3 is 2.50 bits per heavy atom. The van der Waals surface area contributed by atoms with Crippen LogP contribution in [0.25, 0.3) is 0 Å². The lowest BCUT2D eigenvalue weighted by Crippen LogP contribution is -2.33. The standard InChI is InChI=1S/C12H16ClN3O2/c1-12(2,3)8-4-7(5-9(13)16-8)11(18)15-6-10(14)17/h4-5H,6H2,1-3H3,(H2,14,17)(H,15,18). The third-order valence-corrected chi connectivity index (χ3v) is 2.44. The minimum absolute atomic E-state index is 0.205. The van der Waals surface area contributed by atoms with Crippen molar-refractivity contribution < 1.29 is 9.59 Å². The maximum absolute atomic E-state index is 11.8. The molecule has 0 aliphatic heterocycles. The van der Waals surface area contributed by atoms with Gasteiger partial charge in [-0.1, -0.05) is 32.4 Å². The molecule has 1 rings (SSSR count). The van der Waals surface area contributed by atoms with Crippen molar-refractivity contribution >= 4 is 23.4 Å². The Bertz CT molecular complexity index is 481. The second-order valence-electron chi connectivity index (χ2n) is 4.96. The molecule has 3 N–H and O–H groups in total. The largest absolute Gasteiger partial charge is 0.368 e. The van der Waals surface area contributed by atoms with Crippen molar-refractivity contribution in [3.05, 3.63) is 28.5 Å². The van der Waals surface area contributed by atoms with Crippen molar-refractivity contribution in [2.24, 2.45) is 5.73 Å². The van der Waals surface area contributed by atoms with Gasteiger partial charge >= 0.3 is 0 Å². The van der Waals surface area contributed by atoms with E-state index in [0.717, 1.165) is 0 Å². The highest BCUT2D eigenvalue weighted by Gasteiger charge is 2.19. The van der Waals surface area contributed by atoms with Crippen LogP contribution >= 0.6 is 11.6 Å². The molecule has 1 heterocycles. The Balaban J connectivity index is 2.99. The highest BCUT2D eigenvalue weighted by molar-refractivity contribution is 6.29. The van der Waals surface area contributed by atoms with E-state index in [4.69, 9.17) is 17.3 Å². The van der Waals surface area contributed by atoms with Gasteiger partial charge in [-0.15, -0.1) is 0 Å². The van der Waals surface area contributed by atoms with Crippen LogP contribution < -0.4 is 11.1 Å². The van der Waals surface area contributed by atoms with Crippen LogP contribution in [0.3, 0.4) is 0 Å². The van der Waals surface area contributed by atoms with E-state index in [1.807, 2.05) is 20.8 Å². The van der Waals surface area contributed by atoms with Gasteiger partial charge in [-0.3, -0.25) is 9.59 Å². The number of carbonyl (C=O) groups excluding carboxylic acids is 2. The van der Waals surface area contributed by atoms with Gasteiger partial charge in [-0.05, 0) is 12.1 Å². The lowest BCUT2D eigenvalue weighted by molar-refractivity contribution is -0.117. The van der Waals surface area contributed by atoms with Crippen LogP contribution in [-0.2, 0) is 10.2 Å². The normalized spacial score (nSPS) is 11.1. The molecule has 0 saturated heterocycles. The van der Waals surface area contributed by atoms with Crippen LogP contribution in [-0.4, -0.2) is 23.3 Å². The van der Waals surface area contributed by atoms with Crippen molar-refractivity contribution in [1.29, 1.82) is 0 Å². The molecule has 6 heteroatoms. The number of amides is 2. The smallest absolute Gasteiger partial charge is 0.251 e. The molecule has 98 valence electrons. The van der Waals surface area contributed by atoms with Crippen molar-refractivity contribution in [1.82, 2.24) is 10.3 Å². The first-order valence-corrected chi connectivity index (χ1v) is 5.82. The fourth-order valence-electron chi connectivity index (χ4n) is 1.28. The van der Waals surface area contributed by atoms with Gasteiger partial charge in [0.2, 0.25) is 5.91 Å². The molecule has 0 fully saturated rings. The fraction of sp³-hybridized carbons (Fsp3) is 0.417. The zero-order chi connectivity index (χ0) is 13.9. The topological polar surface area (TPSA) is 85.1 Å². The van der Waals surface area contributed by atoms with Crippen molar-refractivity contribution in [3.63, 3.8) is 0 Å². The third kappa shape index (κ3) is 4.00. The van der Waals surface area contributed by atoms with Gasteiger partial charge in [0.25, 0.3) is 5.91 Å². The van der Waals surface area contributed by atoms with E-state index < -0.39 is 11.8 Å². The molecule has 0 aliphatic carbocycles. The SMILES string of the molecule is CC(C)(C)c1cc(C(=O)NCC(N)=O)cc(Cl)n1. The van der Waals surface area contributed by atoms with Gasteiger partial charge in [-0.2, -0.15) is 0 Å². The predicted octanol–water partition coefficient (Wildman–Crippen LogP) is 1.25. The summed E-state index contributed by atoms with van der Waals surface area (Å²) in [5, 5.41) is 2.65. The highest BCUT2D eigenvalue weighted by atomic mass is 35.5. The van der Waals surface area contributed by atoms with Gasteiger partial charge in [0.1, 0.15) is 5.15 Å². The Kier molecular flexibility index (Phi) is 4.29. The van der Waals surface area contributed by atoms with Gasteiger partial charge in [0.05, 0.1) is 6.54 Å². The summed E-state index contributed by atoms with van der Waals surface area (Å²) in [5.74, 6) is -0.997. The second kappa shape index (κ2) is 5.35. The molecule has 5 nitrogen and oxygen atoms in total. The van der Waals surface area contributed by atoms with Crippen LogP contribution in [0.2, 0.25) is 5.15 Å². The molecule has 2 amide bonds. The van der Waals surface area contributed by atoms with Crippen molar-refractivity contribution in [3.8, 4) is 0 Å². The summed E-state index contributed by atoms with van der Waals surface area (Å²) in [4.78, 5) is 26.5. The number of hydrogen-bond acceptors (Lipinski definition) is 3. The Labute approximate surface area is 111 Å². The van der Waals surface area contributed by atoms with Gasteiger partial charge < -0.3 is 11.1 Å². The minimum atomic E-state index is -0.598. The Hall–Kier alpha value is -1.62. The monoisotopic (exact) mass is 269 g/mol. The lowest BCUT2D eigenvalue weighted by atomic mass is 9.91. The number of nitrogens with zero attached hydrogens (tertiary/aromatic N) is 1. The minimum Gasteiger partial charge on any atom is -0.368 e. The average molecular weight is 270 g/mol. The Morgan fingerprint density at radius 2 is 2.00 bits per heavy atom. The van der Waals surface area contributed by atoms with Gasteiger partial charge in [0.15, 0.2) is 0 Å². The van der Waals surface area contributed by atoms with E-state index in [1.54, 1.807) is 6.07 Å². The number of aromatic nitrogens is 1. The first kappa shape index (κ1) is 14.4. The van der Waals surface area contributed by atoms with Gasteiger partial charge in [-0.25, -0.2) is 4.98 Å². The maximum atomic E-state index is 11.8. The summed E-state index contributed by atoms with van der Waals surface area (Å²) in [6.45, 7) is 5.70. The van der Waals surface area contributed by atoms with Crippen molar-refractivity contribution in [2.45, 2.75) is 26.2 Å². The van der Waals surface area contributed by atoms with E-state index in [9.17, 15) is 9.59 Å². The molecule has 0 atom stereocenters. The summed E-state index contributed by atoms with van der Waals surface area (Å²) in [6.07, 6.45) is 0. The average Bonchev–Trinajstić information content (AvgIpc) is 2.23. The van der Waals surface area contributed by atoms with E-state index in [-0.39, 0.29) is 17.1 Å². The first-order chi connectivity index (χ1) is 8.20. The molecule has 0 aromatic carbocycles. The van der Waals surface area contributed by atoms with E-state index >= 15 is 0 Å². The molecule has 1 aromatic heterocycles. The number of carbonyl (C=O) groups is 2. The fourth-order valence-corrected chi connectivity index (χ4v) is 1.49. The molecular formula is C12H16ClN3O2. The van der Waals surface area contributed by atoms with Crippen LogP contribution in [0.5, 0.6) is 0 Å². The van der Waals surface area contributed by atoms with Crippen LogP contribution in [0.4, 0.5) is 0 Å². The lowest BCUT2D eigenvalue weighted by Gasteiger charge is -2.18. The predicted molar refractivity (Wildman–Crippen MR) is 69.5 cm³/mol. The van der Waals surface area contributed by atoms with Crippen LogP contribution in [0.1, 0.15) is 36.8 Å². The molecule has 0 spiro atoms. The number of primary amides is 1. The molecule has 18 heavy (non-hydrogen) atoms. The molecule has 0 bridgehead atoms. The number of rotatable bonds is 3. The molecule has 0 radical (unpaired) electrons. The second-order valence-corrected chi connectivity index (χ2v) is 5.35. The summed E-state index contributed by atoms with van der Waals surface area (Å²) in [7, 11) is 0. The summed E-state index contributed by atoms with van der Waals surface area (Å²) >= 11 is 5.88. The number of nitrogens with two attached hydrogens (primary N) is 1. The van der Waals surface area contributed by atoms with E-state index in [0.29, 0.717) is 11.3 Å². The first-order valence-electron chi connectivity index (χ1n) is 5.44. The Morgan fingerprint density at radius 1 is 1.39 bits per heavy atom. The van der Waals surface area contributed by atoms with Gasteiger partial charge in [0, 0.05) is 16.7 Å². The molecule has 0 saturated carbocycles. The highest BCUT2D eigenvalue weighted by Crippen LogP contribution is 2.23. The summed E-state index contributed by atoms with van der Waals surface area (Å²) in [5.41, 5.74) is 5.81. The van der Waals surface area contributed by atoms with E-state index in [1.165, 1.54) is 6.07 Å². The number of halogens is 1. The number of nitrogens with one attached hydrogen (secondary N) is 1. The molecule has 1 aromatic rings. The summed E-state index contributed by atoms with van der Waals surface area (Å²) in [6, 6.07) is 3.11. The zero-order valence-electron chi connectivity index (χ0n) is 10.6. The quantitative estimate of drug-likeness (QED) is 0.810. The number of hydrogen-bond donors (Lipinski definition) is 2. The zero-order valence-corrected chi connectivity index (χ0v) is 11.3. The van der Waals surface area contributed by atoms with E-state index in [2.05, 4.69) is 10.3 Å². The molecular weight excluding hydrogens is 254 g/mol.